The highest BCUT2D eigenvalue weighted by Gasteiger charge is 2.43. The van der Waals surface area contributed by atoms with E-state index in [1.165, 1.54) is 11.8 Å². The Labute approximate surface area is 200 Å². The molecule has 1 saturated heterocycles. The maximum atomic E-state index is 13.3. The van der Waals surface area contributed by atoms with E-state index in [1.807, 2.05) is 12.1 Å². The third-order valence-corrected chi connectivity index (χ3v) is 5.83. The standard InChI is InChI=1S/C22H23BrN4O4S/c1-14(28)24-11-12-26-19(13-20(29)25-16-5-3-15(23)4-6-16)21(30)27(22(26)32)17-7-9-18(31-2)10-8-17/h3-10,19H,11-13H2,1-2H3,(H,24,28)(H,25,29)/t19-/m1/s1. The van der Waals surface area contributed by atoms with Gasteiger partial charge in [0, 0.05) is 30.2 Å². The molecule has 0 bridgehead atoms. The van der Waals surface area contributed by atoms with Crippen molar-refractivity contribution in [3.8, 4) is 5.75 Å². The molecule has 0 saturated carbocycles. The molecule has 2 N–H and O–H groups in total. The van der Waals surface area contributed by atoms with Gasteiger partial charge >= 0.3 is 0 Å². The fraction of sp³-hybridized carbons (Fsp3) is 0.273. The number of rotatable bonds is 8. The molecule has 1 heterocycles. The summed E-state index contributed by atoms with van der Waals surface area (Å²) in [6, 6.07) is 13.3. The van der Waals surface area contributed by atoms with Gasteiger partial charge in [0.2, 0.25) is 11.8 Å². The first-order valence-corrected chi connectivity index (χ1v) is 11.1. The Balaban J connectivity index is 1.79. The van der Waals surface area contributed by atoms with Crippen LogP contribution in [0.3, 0.4) is 0 Å². The monoisotopic (exact) mass is 518 g/mol. The highest BCUT2D eigenvalue weighted by Crippen LogP contribution is 2.28. The smallest absolute Gasteiger partial charge is 0.256 e. The van der Waals surface area contributed by atoms with Crippen molar-refractivity contribution in [3.05, 3.63) is 53.0 Å². The molecule has 32 heavy (non-hydrogen) atoms. The van der Waals surface area contributed by atoms with Gasteiger partial charge in [-0.25, -0.2) is 0 Å². The molecule has 0 unspecified atom stereocenters. The molecule has 0 radical (unpaired) electrons. The second kappa shape index (κ2) is 10.6. The number of amides is 3. The highest BCUT2D eigenvalue weighted by molar-refractivity contribution is 9.10. The van der Waals surface area contributed by atoms with Crippen LogP contribution in [0, 0.1) is 0 Å². The van der Waals surface area contributed by atoms with Gasteiger partial charge in [-0.3, -0.25) is 19.3 Å². The maximum Gasteiger partial charge on any atom is 0.256 e. The van der Waals surface area contributed by atoms with Crippen LogP contribution in [-0.2, 0) is 14.4 Å². The summed E-state index contributed by atoms with van der Waals surface area (Å²) >= 11 is 8.94. The van der Waals surface area contributed by atoms with Crippen LogP contribution < -0.4 is 20.3 Å². The number of methoxy groups -OCH3 is 1. The van der Waals surface area contributed by atoms with Crippen LogP contribution in [0.2, 0.25) is 0 Å². The van der Waals surface area contributed by atoms with Crippen LogP contribution >= 0.6 is 28.1 Å². The number of carbonyl (C=O) groups excluding carboxylic acids is 3. The molecule has 1 aliphatic heterocycles. The van der Waals surface area contributed by atoms with E-state index in [4.69, 9.17) is 17.0 Å². The summed E-state index contributed by atoms with van der Waals surface area (Å²) in [5.41, 5.74) is 1.21. The summed E-state index contributed by atoms with van der Waals surface area (Å²) in [5.74, 6) is -0.138. The minimum absolute atomic E-state index is 0.0816. The van der Waals surface area contributed by atoms with Crippen molar-refractivity contribution in [1.29, 1.82) is 0 Å². The first-order valence-electron chi connectivity index (χ1n) is 9.88. The number of nitrogens with zero attached hydrogens (tertiary/aromatic N) is 2. The maximum absolute atomic E-state index is 13.3. The lowest BCUT2D eigenvalue weighted by Gasteiger charge is -2.24. The van der Waals surface area contributed by atoms with E-state index in [9.17, 15) is 14.4 Å². The highest BCUT2D eigenvalue weighted by atomic mass is 79.9. The summed E-state index contributed by atoms with van der Waals surface area (Å²) in [5, 5.41) is 5.80. The van der Waals surface area contributed by atoms with E-state index in [2.05, 4.69) is 26.6 Å². The average molecular weight is 519 g/mol. The molecule has 2 aromatic rings. The lowest BCUT2D eigenvalue weighted by atomic mass is 10.1. The lowest BCUT2D eigenvalue weighted by molar-refractivity contribution is -0.124. The molecule has 3 rings (SSSR count). The third kappa shape index (κ3) is 5.63. The van der Waals surface area contributed by atoms with Crippen molar-refractivity contribution in [2.24, 2.45) is 0 Å². The summed E-state index contributed by atoms with van der Waals surface area (Å²) in [7, 11) is 1.56. The molecule has 0 aliphatic carbocycles. The zero-order chi connectivity index (χ0) is 23.3. The van der Waals surface area contributed by atoms with Crippen molar-refractivity contribution in [2.45, 2.75) is 19.4 Å². The number of hydrogen-bond donors (Lipinski definition) is 2. The second-order valence-corrected chi connectivity index (χ2v) is 8.39. The summed E-state index contributed by atoms with van der Waals surface area (Å²) in [6.07, 6.45) is -0.0816. The van der Waals surface area contributed by atoms with Gasteiger partial charge < -0.3 is 20.3 Å². The number of anilines is 2. The molecule has 3 amide bonds. The van der Waals surface area contributed by atoms with E-state index in [-0.39, 0.29) is 29.3 Å². The number of ether oxygens (including phenoxy) is 1. The van der Waals surface area contributed by atoms with Gasteiger partial charge in [0.15, 0.2) is 5.11 Å². The molecule has 1 atom stereocenters. The molecule has 0 spiro atoms. The van der Waals surface area contributed by atoms with Crippen LogP contribution in [0.15, 0.2) is 53.0 Å². The van der Waals surface area contributed by atoms with Gasteiger partial charge in [0.05, 0.1) is 19.2 Å². The molecule has 2 aromatic carbocycles. The Morgan fingerprint density at radius 1 is 1.12 bits per heavy atom. The molecule has 1 fully saturated rings. The fourth-order valence-electron chi connectivity index (χ4n) is 3.33. The Bertz CT molecular complexity index is 1010. The first-order chi connectivity index (χ1) is 15.3. The second-order valence-electron chi connectivity index (χ2n) is 7.11. The van der Waals surface area contributed by atoms with E-state index in [0.717, 1.165) is 4.47 Å². The molecule has 8 nitrogen and oxygen atoms in total. The van der Waals surface area contributed by atoms with Gasteiger partial charge in [-0.15, -0.1) is 0 Å². The third-order valence-electron chi connectivity index (χ3n) is 4.88. The minimum atomic E-state index is -0.784. The average Bonchev–Trinajstić information content (AvgIpc) is 2.99. The topological polar surface area (TPSA) is 91.0 Å². The van der Waals surface area contributed by atoms with Crippen molar-refractivity contribution in [3.63, 3.8) is 0 Å². The van der Waals surface area contributed by atoms with Crippen LogP contribution in [-0.4, -0.2) is 54.0 Å². The molecular formula is C22H23BrN4O4S. The minimum Gasteiger partial charge on any atom is -0.497 e. The zero-order valence-electron chi connectivity index (χ0n) is 17.6. The predicted octanol–water partition coefficient (Wildman–Crippen LogP) is 2.92. The summed E-state index contributed by atoms with van der Waals surface area (Å²) in [6.45, 7) is 2.01. The Morgan fingerprint density at radius 2 is 1.78 bits per heavy atom. The van der Waals surface area contributed by atoms with Crippen molar-refractivity contribution in [1.82, 2.24) is 10.2 Å². The number of benzene rings is 2. The van der Waals surface area contributed by atoms with Gasteiger partial charge in [-0.2, -0.15) is 0 Å². The quantitative estimate of drug-likeness (QED) is 0.522. The number of hydrogen-bond acceptors (Lipinski definition) is 5. The van der Waals surface area contributed by atoms with E-state index in [1.54, 1.807) is 48.4 Å². The zero-order valence-corrected chi connectivity index (χ0v) is 20.0. The number of nitrogens with one attached hydrogen (secondary N) is 2. The molecule has 1 aliphatic rings. The fourth-order valence-corrected chi connectivity index (χ4v) is 4.01. The molecule has 168 valence electrons. The number of carbonyl (C=O) groups is 3. The van der Waals surface area contributed by atoms with Crippen LogP contribution in [0.4, 0.5) is 11.4 Å². The van der Waals surface area contributed by atoms with Crippen molar-refractivity contribution in [2.75, 3.05) is 30.4 Å². The van der Waals surface area contributed by atoms with E-state index >= 15 is 0 Å². The molecule has 0 aromatic heterocycles. The summed E-state index contributed by atoms with van der Waals surface area (Å²) in [4.78, 5) is 40.4. The van der Waals surface area contributed by atoms with Gasteiger partial charge in [-0.1, -0.05) is 15.9 Å². The summed E-state index contributed by atoms with van der Waals surface area (Å²) < 4.78 is 6.07. The normalized spacial score (nSPS) is 15.7. The Morgan fingerprint density at radius 3 is 2.38 bits per heavy atom. The van der Waals surface area contributed by atoms with E-state index in [0.29, 0.717) is 30.2 Å². The van der Waals surface area contributed by atoms with Crippen LogP contribution in [0.5, 0.6) is 5.75 Å². The van der Waals surface area contributed by atoms with Gasteiger partial charge in [0.25, 0.3) is 5.91 Å². The SMILES string of the molecule is COc1ccc(N2C(=O)[C@@H](CC(=O)Nc3ccc(Br)cc3)N(CCNC(C)=O)C2=S)cc1. The largest absolute Gasteiger partial charge is 0.497 e. The van der Waals surface area contributed by atoms with E-state index < -0.39 is 6.04 Å². The lowest BCUT2D eigenvalue weighted by Crippen LogP contribution is -2.42. The Hall–Kier alpha value is -2.98. The van der Waals surface area contributed by atoms with Crippen LogP contribution in [0.1, 0.15) is 13.3 Å². The van der Waals surface area contributed by atoms with Gasteiger partial charge in [-0.05, 0) is 60.7 Å². The van der Waals surface area contributed by atoms with Gasteiger partial charge in [0.1, 0.15) is 11.8 Å². The predicted molar refractivity (Wildman–Crippen MR) is 130 cm³/mol. The molecular weight excluding hydrogens is 496 g/mol. The Kier molecular flexibility index (Phi) is 7.81. The molecule has 10 heteroatoms. The number of halogens is 1. The first kappa shape index (κ1) is 23.7. The number of thiocarbonyl (C=S) groups is 1. The van der Waals surface area contributed by atoms with Crippen molar-refractivity contribution >= 4 is 62.4 Å². The van der Waals surface area contributed by atoms with Crippen LogP contribution in [0.25, 0.3) is 0 Å². The van der Waals surface area contributed by atoms with Crippen molar-refractivity contribution < 1.29 is 19.1 Å².